The van der Waals surface area contributed by atoms with E-state index >= 15 is 0 Å². The largest absolute Gasteiger partial charge is 0.0776 e. The molecule has 0 spiro atoms. The molecule has 0 radical (unpaired) electrons. The van der Waals surface area contributed by atoms with Gasteiger partial charge in [-0.05, 0) is 34.4 Å². The zero-order chi connectivity index (χ0) is 13.1. The number of rotatable bonds is 2. The van der Waals surface area contributed by atoms with E-state index in [1.807, 2.05) is 6.07 Å². The van der Waals surface area contributed by atoms with Crippen molar-refractivity contribution in [2.75, 3.05) is 0 Å². The molecule has 1 heteroatoms. The Hall–Kier alpha value is -1.86. The van der Waals surface area contributed by atoms with Gasteiger partial charge in [-0.25, -0.2) is 0 Å². The van der Waals surface area contributed by atoms with Gasteiger partial charge in [0, 0.05) is 4.47 Å². The molecule has 0 aliphatic carbocycles. The number of hydrogen-bond acceptors (Lipinski definition) is 0. The number of benzene rings is 3. The highest BCUT2D eigenvalue weighted by molar-refractivity contribution is 9.10. The Balaban J connectivity index is 0.00000147. The molecule has 0 saturated carbocycles. The van der Waals surface area contributed by atoms with Crippen molar-refractivity contribution >= 4 is 15.9 Å². The number of halogens is 1. The zero-order valence-electron chi connectivity index (χ0n) is 10.4. The van der Waals surface area contributed by atoms with E-state index in [0.29, 0.717) is 0 Å². The molecule has 0 N–H and O–H groups in total. The van der Waals surface area contributed by atoms with Crippen LogP contribution in [-0.2, 0) is 0 Å². The van der Waals surface area contributed by atoms with Crippen molar-refractivity contribution in [2.24, 2.45) is 0 Å². The highest BCUT2D eigenvalue weighted by atomic mass is 79.9. The van der Waals surface area contributed by atoms with E-state index in [0.717, 1.165) is 4.47 Å². The maximum Gasteiger partial charge on any atom is 0.0175 e. The van der Waals surface area contributed by atoms with Crippen LogP contribution < -0.4 is 0 Å². The van der Waals surface area contributed by atoms with Crippen molar-refractivity contribution in [3.63, 3.8) is 0 Å². The summed E-state index contributed by atoms with van der Waals surface area (Å²) < 4.78 is 1.11. The summed E-state index contributed by atoms with van der Waals surface area (Å²) in [5.74, 6) is 0. The minimum atomic E-state index is 0. The van der Waals surface area contributed by atoms with Gasteiger partial charge in [0.25, 0.3) is 0 Å². The van der Waals surface area contributed by atoms with Crippen LogP contribution in [0.1, 0.15) is 7.43 Å². The quantitative estimate of drug-likeness (QED) is 0.510. The molecule has 0 atom stereocenters. The highest BCUT2D eigenvalue weighted by Crippen LogP contribution is 2.25. The SMILES string of the molecule is Brc1ccc(-c2ccc(-c3ccccc3)cc2)cc1.C. The van der Waals surface area contributed by atoms with Crippen LogP contribution in [0.5, 0.6) is 0 Å². The highest BCUT2D eigenvalue weighted by Gasteiger charge is 1.99. The average molecular weight is 325 g/mol. The van der Waals surface area contributed by atoms with Crippen LogP contribution in [0, 0.1) is 0 Å². The van der Waals surface area contributed by atoms with Gasteiger partial charge in [0.05, 0.1) is 0 Å². The lowest BCUT2D eigenvalue weighted by atomic mass is 10.0. The van der Waals surface area contributed by atoms with E-state index in [4.69, 9.17) is 0 Å². The standard InChI is InChI=1S/C18H13Br.CH4/c19-18-12-10-17(11-13-18)16-8-6-15(7-9-16)14-4-2-1-3-5-14;/h1-13H;1H4. The fourth-order valence-corrected chi connectivity index (χ4v) is 2.39. The van der Waals surface area contributed by atoms with Gasteiger partial charge in [-0.3, -0.25) is 0 Å². The zero-order valence-corrected chi connectivity index (χ0v) is 12.0. The van der Waals surface area contributed by atoms with Gasteiger partial charge in [0.2, 0.25) is 0 Å². The first-order valence-corrected chi connectivity index (χ1v) is 7.04. The van der Waals surface area contributed by atoms with Crippen LogP contribution in [0.3, 0.4) is 0 Å². The van der Waals surface area contributed by atoms with Crippen LogP contribution in [0.4, 0.5) is 0 Å². The summed E-state index contributed by atoms with van der Waals surface area (Å²) in [5, 5.41) is 0. The Morgan fingerprint density at radius 1 is 0.450 bits per heavy atom. The molecule has 0 heterocycles. The maximum absolute atomic E-state index is 3.46. The van der Waals surface area contributed by atoms with E-state index in [9.17, 15) is 0 Å². The van der Waals surface area contributed by atoms with Gasteiger partial charge in [0.1, 0.15) is 0 Å². The third-order valence-corrected chi connectivity index (χ3v) is 3.70. The van der Waals surface area contributed by atoms with Crippen LogP contribution in [0.25, 0.3) is 22.3 Å². The van der Waals surface area contributed by atoms with Gasteiger partial charge >= 0.3 is 0 Å². The molecule has 100 valence electrons. The van der Waals surface area contributed by atoms with Crippen molar-refractivity contribution in [3.05, 3.63) is 83.3 Å². The van der Waals surface area contributed by atoms with Gasteiger partial charge in [-0.15, -0.1) is 0 Å². The van der Waals surface area contributed by atoms with Crippen molar-refractivity contribution in [1.29, 1.82) is 0 Å². The van der Waals surface area contributed by atoms with Crippen LogP contribution in [-0.4, -0.2) is 0 Å². The van der Waals surface area contributed by atoms with E-state index in [1.165, 1.54) is 22.3 Å². The smallest absolute Gasteiger partial charge is 0.0175 e. The van der Waals surface area contributed by atoms with Crippen molar-refractivity contribution in [3.8, 4) is 22.3 Å². The lowest BCUT2D eigenvalue weighted by Crippen LogP contribution is -1.80. The van der Waals surface area contributed by atoms with Gasteiger partial charge in [-0.2, -0.15) is 0 Å². The monoisotopic (exact) mass is 324 g/mol. The van der Waals surface area contributed by atoms with E-state index in [-0.39, 0.29) is 7.43 Å². The Labute approximate surface area is 129 Å². The van der Waals surface area contributed by atoms with Crippen molar-refractivity contribution in [2.45, 2.75) is 7.43 Å². The lowest BCUT2D eigenvalue weighted by Gasteiger charge is -2.05. The first-order valence-electron chi connectivity index (χ1n) is 6.24. The molecule has 0 aliphatic heterocycles. The fourth-order valence-electron chi connectivity index (χ4n) is 2.13. The molecule has 3 rings (SSSR count). The summed E-state index contributed by atoms with van der Waals surface area (Å²) in [6, 6.07) is 27.5. The summed E-state index contributed by atoms with van der Waals surface area (Å²) in [4.78, 5) is 0. The van der Waals surface area contributed by atoms with Crippen molar-refractivity contribution in [1.82, 2.24) is 0 Å². The topological polar surface area (TPSA) is 0 Å². The van der Waals surface area contributed by atoms with Crippen LogP contribution in [0.15, 0.2) is 83.3 Å². The summed E-state index contributed by atoms with van der Waals surface area (Å²) in [6.45, 7) is 0. The third-order valence-electron chi connectivity index (χ3n) is 3.17. The second-order valence-corrected chi connectivity index (χ2v) is 5.37. The van der Waals surface area contributed by atoms with Gasteiger partial charge in [-0.1, -0.05) is 90.1 Å². The van der Waals surface area contributed by atoms with Crippen LogP contribution >= 0.6 is 15.9 Å². The predicted octanol–water partition coefficient (Wildman–Crippen LogP) is 6.42. The molecule has 0 amide bonds. The molecular weight excluding hydrogens is 308 g/mol. The molecule has 0 saturated heterocycles. The summed E-state index contributed by atoms with van der Waals surface area (Å²) in [5.41, 5.74) is 4.99. The first kappa shape index (κ1) is 14.5. The molecular formula is C19H17Br. The molecule has 20 heavy (non-hydrogen) atoms. The molecule has 0 aliphatic rings. The fraction of sp³-hybridized carbons (Fsp3) is 0.0526. The second-order valence-electron chi connectivity index (χ2n) is 4.45. The summed E-state index contributed by atoms with van der Waals surface area (Å²) >= 11 is 3.46. The maximum atomic E-state index is 3.46. The predicted molar refractivity (Wildman–Crippen MR) is 91.7 cm³/mol. The Morgan fingerprint density at radius 3 is 1.25 bits per heavy atom. The normalized spacial score (nSPS) is 9.85. The van der Waals surface area contributed by atoms with E-state index in [1.54, 1.807) is 0 Å². The Kier molecular flexibility index (Phi) is 4.75. The van der Waals surface area contributed by atoms with E-state index in [2.05, 4.69) is 88.7 Å². The molecule has 0 unspecified atom stereocenters. The second kappa shape index (κ2) is 6.53. The van der Waals surface area contributed by atoms with Gasteiger partial charge < -0.3 is 0 Å². The van der Waals surface area contributed by atoms with Gasteiger partial charge in [0.15, 0.2) is 0 Å². The minimum Gasteiger partial charge on any atom is -0.0776 e. The lowest BCUT2D eigenvalue weighted by molar-refractivity contribution is 1.58. The molecule has 3 aromatic rings. The number of hydrogen-bond donors (Lipinski definition) is 0. The summed E-state index contributed by atoms with van der Waals surface area (Å²) in [7, 11) is 0. The molecule has 3 aromatic carbocycles. The Morgan fingerprint density at radius 2 is 0.800 bits per heavy atom. The summed E-state index contributed by atoms with van der Waals surface area (Å²) in [6.07, 6.45) is 0. The van der Waals surface area contributed by atoms with Crippen molar-refractivity contribution < 1.29 is 0 Å². The Bertz CT molecular complexity index is 652. The van der Waals surface area contributed by atoms with E-state index < -0.39 is 0 Å². The first-order chi connectivity index (χ1) is 9.33. The third kappa shape index (κ3) is 3.17. The minimum absolute atomic E-state index is 0. The molecule has 0 nitrogen and oxygen atoms in total. The molecule has 0 bridgehead atoms. The van der Waals surface area contributed by atoms with Crippen LogP contribution in [0.2, 0.25) is 0 Å². The average Bonchev–Trinajstić information content (AvgIpc) is 2.49. The molecule has 0 aromatic heterocycles. The molecule has 0 fully saturated rings.